The van der Waals surface area contributed by atoms with Crippen molar-refractivity contribution in [2.45, 2.75) is 18.9 Å². The molecule has 0 saturated heterocycles. The Labute approximate surface area is 129 Å². The second kappa shape index (κ2) is 5.95. The van der Waals surface area contributed by atoms with Gasteiger partial charge in [-0.3, -0.25) is 4.98 Å². The largest absolute Gasteiger partial charge is 0.389 e. The Morgan fingerprint density at radius 1 is 1.43 bits per heavy atom. The quantitative estimate of drug-likeness (QED) is 0.831. The molecule has 0 amide bonds. The van der Waals surface area contributed by atoms with Gasteiger partial charge in [0.15, 0.2) is 0 Å². The lowest BCUT2D eigenvalue weighted by atomic mass is 10.1. The summed E-state index contributed by atoms with van der Waals surface area (Å²) in [7, 11) is 1.73. The van der Waals surface area contributed by atoms with Gasteiger partial charge in [-0.15, -0.1) is 0 Å². The number of thiocarbonyl (C=S) groups is 1. The lowest BCUT2D eigenvalue weighted by molar-refractivity contribution is 0.205. The molecule has 1 fully saturated rings. The molecule has 0 bridgehead atoms. The van der Waals surface area contributed by atoms with Gasteiger partial charge in [0.05, 0.1) is 23.4 Å². The van der Waals surface area contributed by atoms with Gasteiger partial charge in [-0.2, -0.15) is 0 Å². The van der Waals surface area contributed by atoms with Crippen molar-refractivity contribution in [3.8, 4) is 0 Å². The Morgan fingerprint density at radius 3 is 2.86 bits per heavy atom. The van der Waals surface area contributed by atoms with Crippen LogP contribution in [0, 0.1) is 0 Å². The van der Waals surface area contributed by atoms with E-state index in [1.165, 1.54) is 12.8 Å². The molecule has 4 nitrogen and oxygen atoms in total. The first-order valence-corrected chi connectivity index (χ1v) is 7.56. The minimum Gasteiger partial charge on any atom is -0.389 e. The van der Waals surface area contributed by atoms with Crippen LogP contribution in [0.1, 0.15) is 18.4 Å². The van der Waals surface area contributed by atoms with E-state index in [4.69, 9.17) is 22.7 Å². The smallest absolute Gasteiger partial charge is 0.107 e. The SMILES string of the molecule is COCCN(c1c(C(N)=S)cnc2ccccc12)C1CC1. The number of fused-ring (bicyclic) bond motifs is 1. The molecule has 2 aromatic rings. The van der Waals surface area contributed by atoms with Crippen molar-refractivity contribution in [2.75, 3.05) is 25.2 Å². The van der Waals surface area contributed by atoms with Crippen molar-refractivity contribution in [1.29, 1.82) is 0 Å². The highest BCUT2D eigenvalue weighted by molar-refractivity contribution is 7.80. The van der Waals surface area contributed by atoms with Crippen molar-refractivity contribution < 1.29 is 4.74 Å². The van der Waals surface area contributed by atoms with Gasteiger partial charge in [-0.1, -0.05) is 30.4 Å². The maximum Gasteiger partial charge on any atom is 0.107 e. The van der Waals surface area contributed by atoms with Gasteiger partial charge in [-0.25, -0.2) is 0 Å². The van der Waals surface area contributed by atoms with Crippen LogP contribution < -0.4 is 10.6 Å². The maximum atomic E-state index is 5.93. The van der Waals surface area contributed by atoms with E-state index >= 15 is 0 Å². The lowest BCUT2D eigenvalue weighted by Crippen LogP contribution is -2.32. The van der Waals surface area contributed by atoms with Crippen LogP contribution in [0.25, 0.3) is 10.9 Å². The lowest BCUT2D eigenvalue weighted by Gasteiger charge is -2.28. The average Bonchev–Trinajstić information content (AvgIpc) is 3.32. The molecule has 0 radical (unpaired) electrons. The first kappa shape index (κ1) is 14.2. The van der Waals surface area contributed by atoms with Crippen LogP contribution in [0.3, 0.4) is 0 Å². The zero-order valence-electron chi connectivity index (χ0n) is 12.1. The van der Waals surface area contributed by atoms with Crippen LogP contribution >= 0.6 is 12.2 Å². The molecule has 5 heteroatoms. The van der Waals surface area contributed by atoms with Gasteiger partial charge < -0.3 is 15.4 Å². The summed E-state index contributed by atoms with van der Waals surface area (Å²) in [6.07, 6.45) is 4.20. The summed E-state index contributed by atoms with van der Waals surface area (Å²) in [6.45, 7) is 1.52. The van der Waals surface area contributed by atoms with E-state index in [0.717, 1.165) is 28.7 Å². The minimum atomic E-state index is 0.395. The molecule has 1 aromatic carbocycles. The molecule has 1 aliphatic carbocycles. The third-order valence-corrected chi connectivity index (χ3v) is 4.04. The number of rotatable bonds is 6. The molecular formula is C16H19N3OS. The van der Waals surface area contributed by atoms with Crippen LogP contribution in [-0.4, -0.2) is 36.3 Å². The van der Waals surface area contributed by atoms with Gasteiger partial charge in [0.25, 0.3) is 0 Å². The molecule has 21 heavy (non-hydrogen) atoms. The number of methoxy groups -OCH3 is 1. The maximum absolute atomic E-state index is 5.93. The summed E-state index contributed by atoms with van der Waals surface area (Å²) in [5.74, 6) is 0. The monoisotopic (exact) mass is 301 g/mol. The number of hydrogen-bond donors (Lipinski definition) is 1. The third kappa shape index (κ3) is 2.84. The molecule has 1 heterocycles. The summed E-state index contributed by atoms with van der Waals surface area (Å²) in [5.41, 5.74) is 8.85. The van der Waals surface area contributed by atoms with E-state index in [1.54, 1.807) is 13.3 Å². The van der Waals surface area contributed by atoms with Gasteiger partial charge in [0.2, 0.25) is 0 Å². The fourth-order valence-electron chi connectivity index (χ4n) is 2.67. The highest BCUT2D eigenvalue weighted by Gasteiger charge is 2.31. The van der Waals surface area contributed by atoms with Crippen LogP contribution in [0.2, 0.25) is 0 Å². The topological polar surface area (TPSA) is 51.4 Å². The second-order valence-electron chi connectivity index (χ2n) is 5.32. The van der Waals surface area contributed by atoms with Crippen LogP contribution in [0.5, 0.6) is 0 Å². The van der Waals surface area contributed by atoms with Gasteiger partial charge in [-0.05, 0) is 18.9 Å². The molecular weight excluding hydrogens is 282 g/mol. The average molecular weight is 301 g/mol. The molecule has 0 atom stereocenters. The predicted molar refractivity (Wildman–Crippen MR) is 89.9 cm³/mol. The number of ether oxygens (including phenoxy) is 1. The van der Waals surface area contributed by atoms with E-state index in [9.17, 15) is 0 Å². The van der Waals surface area contributed by atoms with Crippen molar-refractivity contribution in [1.82, 2.24) is 4.98 Å². The van der Waals surface area contributed by atoms with Gasteiger partial charge >= 0.3 is 0 Å². The molecule has 2 N–H and O–H groups in total. The Hall–Kier alpha value is -1.72. The van der Waals surface area contributed by atoms with E-state index < -0.39 is 0 Å². The molecule has 1 aromatic heterocycles. The standard InChI is InChI=1S/C16H19N3OS/c1-20-9-8-19(11-6-7-11)15-12-4-2-3-5-14(12)18-10-13(15)16(17)21/h2-5,10-11H,6-9H2,1H3,(H2,17,21). The van der Waals surface area contributed by atoms with Crippen LogP contribution in [0.4, 0.5) is 5.69 Å². The molecule has 110 valence electrons. The summed E-state index contributed by atoms with van der Waals surface area (Å²) < 4.78 is 5.26. The normalized spacial score (nSPS) is 14.3. The number of aromatic nitrogens is 1. The van der Waals surface area contributed by atoms with Crippen LogP contribution in [-0.2, 0) is 4.74 Å². The number of anilines is 1. The Morgan fingerprint density at radius 2 is 2.19 bits per heavy atom. The van der Waals surface area contributed by atoms with E-state index in [2.05, 4.69) is 16.0 Å². The van der Waals surface area contributed by atoms with Crippen molar-refractivity contribution in [2.24, 2.45) is 5.73 Å². The molecule has 3 rings (SSSR count). The van der Waals surface area contributed by atoms with Crippen molar-refractivity contribution in [3.63, 3.8) is 0 Å². The van der Waals surface area contributed by atoms with E-state index in [1.807, 2.05) is 18.2 Å². The first-order valence-electron chi connectivity index (χ1n) is 7.15. The van der Waals surface area contributed by atoms with Gasteiger partial charge in [0.1, 0.15) is 4.99 Å². The third-order valence-electron chi connectivity index (χ3n) is 3.82. The Bertz CT molecular complexity index is 670. The van der Waals surface area contributed by atoms with E-state index in [-0.39, 0.29) is 0 Å². The van der Waals surface area contributed by atoms with Gasteiger partial charge in [0, 0.05) is 31.3 Å². The number of benzene rings is 1. The minimum absolute atomic E-state index is 0.395. The number of pyridine rings is 1. The molecule has 0 aliphatic heterocycles. The van der Waals surface area contributed by atoms with Crippen molar-refractivity contribution in [3.05, 3.63) is 36.0 Å². The molecule has 0 spiro atoms. The molecule has 0 unspecified atom stereocenters. The first-order chi connectivity index (χ1) is 10.2. The summed E-state index contributed by atoms with van der Waals surface area (Å²) in [6, 6.07) is 8.68. The van der Waals surface area contributed by atoms with Crippen LogP contribution in [0.15, 0.2) is 30.5 Å². The number of hydrogen-bond acceptors (Lipinski definition) is 4. The highest BCUT2D eigenvalue weighted by Crippen LogP contribution is 2.37. The fourth-order valence-corrected chi connectivity index (χ4v) is 2.82. The van der Waals surface area contributed by atoms with E-state index in [0.29, 0.717) is 17.6 Å². The molecule has 1 saturated carbocycles. The van der Waals surface area contributed by atoms with Crippen molar-refractivity contribution >= 4 is 33.8 Å². The Kier molecular flexibility index (Phi) is 4.03. The highest BCUT2D eigenvalue weighted by atomic mass is 32.1. The summed E-state index contributed by atoms with van der Waals surface area (Å²) in [4.78, 5) is 7.25. The molecule has 1 aliphatic rings. The zero-order valence-corrected chi connectivity index (χ0v) is 12.9. The number of nitrogens with zero attached hydrogens (tertiary/aromatic N) is 2. The number of nitrogens with two attached hydrogens (primary N) is 1. The predicted octanol–water partition coefficient (Wildman–Crippen LogP) is 2.48. The fraction of sp³-hybridized carbons (Fsp3) is 0.375. The Balaban J connectivity index is 2.16. The summed E-state index contributed by atoms with van der Waals surface area (Å²) >= 11 is 5.23. The second-order valence-corrected chi connectivity index (χ2v) is 5.76. The summed E-state index contributed by atoms with van der Waals surface area (Å²) in [5, 5.41) is 1.10. The zero-order chi connectivity index (χ0) is 14.8. The number of para-hydroxylation sites is 1.